The molecule has 1 aromatic carbocycles. The molecule has 1 heterocycles. The first-order chi connectivity index (χ1) is 7.24. The van der Waals surface area contributed by atoms with Gasteiger partial charge in [-0.15, -0.1) is 0 Å². The van der Waals surface area contributed by atoms with E-state index in [1.54, 1.807) is 12.1 Å². The average molecular weight is 206 g/mol. The Morgan fingerprint density at radius 1 is 1.60 bits per heavy atom. The van der Waals surface area contributed by atoms with E-state index < -0.39 is 12.1 Å². The number of esters is 1. The minimum atomic E-state index is -1.29. The Hall–Kier alpha value is -1.88. The third-order valence-corrected chi connectivity index (χ3v) is 2.20. The topological polar surface area (TPSA) is 75.2 Å². The highest BCUT2D eigenvalue weighted by molar-refractivity contribution is 5.85. The Labute approximate surface area is 85.7 Å². The van der Waals surface area contributed by atoms with Crippen LogP contribution in [0.1, 0.15) is 11.7 Å². The van der Waals surface area contributed by atoms with E-state index in [4.69, 9.17) is 0 Å². The van der Waals surface area contributed by atoms with E-state index in [0.29, 0.717) is 11.1 Å². The van der Waals surface area contributed by atoms with Crippen molar-refractivity contribution in [3.63, 3.8) is 0 Å². The fourth-order valence-electron chi connectivity index (χ4n) is 1.45. The second-order valence-electron chi connectivity index (χ2n) is 3.07. The van der Waals surface area contributed by atoms with Gasteiger partial charge in [0.2, 0.25) is 0 Å². The summed E-state index contributed by atoms with van der Waals surface area (Å²) in [5, 5.41) is 9.68. The number of aromatic nitrogens is 2. The van der Waals surface area contributed by atoms with Crippen molar-refractivity contribution >= 4 is 17.0 Å². The molecule has 1 atom stereocenters. The van der Waals surface area contributed by atoms with E-state index >= 15 is 0 Å². The summed E-state index contributed by atoms with van der Waals surface area (Å²) in [6, 6.07) is 5.20. The molecule has 2 aromatic rings. The summed E-state index contributed by atoms with van der Waals surface area (Å²) in [5.41, 5.74) is 1.80. The molecule has 1 aromatic heterocycles. The molecule has 0 aliphatic carbocycles. The fraction of sp³-hybridized carbons (Fsp3) is 0.200. The third-order valence-electron chi connectivity index (χ3n) is 2.20. The van der Waals surface area contributed by atoms with Crippen LogP contribution in [0.25, 0.3) is 11.0 Å². The standard InChI is InChI=1S/C10H10N2O3/c1-15-10(14)9(13)6-3-2-4-7-8(6)12-5-11-7/h2-5,9,13H,1H3,(H,11,12). The molecule has 0 saturated heterocycles. The van der Waals surface area contributed by atoms with Crippen LogP contribution in [0.15, 0.2) is 24.5 Å². The number of hydrogen-bond donors (Lipinski definition) is 2. The molecule has 5 nitrogen and oxygen atoms in total. The van der Waals surface area contributed by atoms with Gasteiger partial charge in [0.25, 0.3) is 0 Å². The number of H-pyrrole nitrogens is 1. The van der Waals surface area contributed by atoms with Crippen molar-refractivity contribution in [3.8, 4) is 0 Å². The molecule has 0 radical (unpaired) electrons. The number of hydrogen-bond acceptors (Lipinski definition) is 4. The summed E-state index contributed by atoms with van der Waals surface area (Å²) < 4.78 is 4.46. The van der Waals surface area contributed by atoms with Gasteiger partial charge in [-0.3, -0.25) is 0 Å². The van der Waals surface area contributed by atoms with Crippen LogP contribution >= 0.6 is 0 Å². The minimum Gasteiger partial charge on any atom is -0.467 e. The summed E-state index contributed by atoms with van der Waals surface area (Å²) in [6.45, 7) is 0. The second kappa shape index (κ2) is 3.70. The van der Waals surface area contributed by atoms with Crippen LogP contribution in [0.5, 0.6) is 0 Å². The number of imidazole rings is 1. The highest BCUT2D eigenvalue weighted by atomic mass is 16.5. The number of para-hydroxylation sites is 1. The lowest BCUT2D eigenvalue weighted by atomic mass is 10.1. The first-order valence-corrected chi connectivity index (χ1v) is 4.42. The summed E-state index contributed by atoms with van der Waals surface area (Å²) >= 11 is 0. The van der Waals surface area contributed by atoms with Gasteiger partial charge in [-0.25, -0.2) is 9.78 Å². The maximum absolute atomic E-state index is 11.2. The minimum absolute atomic E-state index is 0.445. The predicted octanol–water partition coefficient (Wildman–Crippen LogP) is 0.769. The molecule has 2 rings (SSSR count). The third kappa shape index (κ3) is 1.57. The lowest BCUT2D eigenvalue weighted by molar-refractivity contribution is -0.150. The maximum atomic E-state index is 11.2. The zero-order valence-electron chi connectivity index (χ0n) is 8.10. The molecule has 15 heavy (non-hydrogen) atoms. The van der Waals surface area contributed by atoms with Crippen molar-refractivity contribution in [2.75, 3.05) is 7.11 Å². The Morgan fingerprint density at radius 3 is 3.13 bits per heavy atom. The summed E-state index contributed by atoms with van der Waals surface area (Å²) in [7, 11) is 1.23. The zero-order chi connectivity index (χ0) is 10.8. The highest BCUT2D eigenvalue weighted by Gasteiger charge is 2.20. The normalized spacial score (nSPS) is 12.7. The lowest BCUT2D eigenvalue weighted by Gasteiger charge is -2.08. The number of aliphatic hydroxyl groups is 1. The van der Waals surface area contributed by atoms with Crippen LogP contribution < -0.4 is 0 Å². The van der Waals surface area contributed by atoms with Gasteiger partial charge >= 0.3 is 5.97 Å². The Balaban J connectivity index is 2.51. The molecule has 78 valence electrons. The zero-order valence-corrected chi connectivity index (χ0v) is 8.10. The summed E-state index contributed by atoms with van der Waals surface area (Å²) in [6.07, 6.45) is 0.222. The van der Waals surface area contributed by atoms with Crippen molar-refractivity contribution in [2.45, 2.75) is 6.10 Å². The number of nitrogens with zero attached hydrogens (tertiary/aromatic N) is 1. The SMILES string of the molecule is COC(=O)C(O)c1cccc2[nH]cnc12. The molecule has 0 aliphatic rings. The smallest absolute Gasteiger partial charge is 0.339 e. The highest BCUT2D eigenvalue weighted by Crippen LogP contribution is 2.22. The number of ether oxygens (including phenoxy) is 1. The molecular weight excluding hydrogens is 196 g/mol. The van der Waals surface area contributed by atoms with Gasteiger partial charge in [0.1, 0.15) is 0 Å². The molecule has 0 aliphatic heterocycles. The Morgan fingerprint density at radius 2 is 2.40 bits per heavy atom. The van der Waals surface area contributed by atoms with E-state index in [2.05, 4.69) is 14.7 Å². The van der Waals surface area contributed by atoms with E-state index in [-0.39, 0.29) is 0 Å². The maximum Gasteiger partial charge on any atom is 0.339 e. The number of carbonyl (C=O) groups is 1. The number of fused-ring (bicyclic) bond motifs is 1. The molecular formula is C10H10N2O3. The molecule has 2 N–H and O–H groups in total. The van der Waals surface area contributed by atoms with Crippen LogP contribution in [0.2, 0.25) is 0 Å². The van der Waals surface area contributed by atoms with E-state index in [0.717, 1.165) is 5.52 Å². The first kappa shape index (κ1) is 9.67. The van der Waals surface area contributed by atoms with Gasteiger partial charge in [0.05, 0.1) is 24.5 Å². The van der Waals surface area contributed by atoms with Crippen LogP contribution in [0, 0.1) is 0 Å². The fourth-order valence-corrected chi connectivity index (χ4v) is 1.45. The number of benzene rings is 1. The van der Waals surface area contributed by atoms with Crippen LogP contribution in [-0.2, 0) is 9.53 Å². The Kier molecular flexibility index (Phi) is 2.39. The molecule has 1 unspecified atom stereocenters. The Bertz CT molecular complexity index is 492. The van der Waals surface area contributed by atoms with Crippen molar-refractivity contribution in [1.82, 2.24) is 9.97 Å². The van der Waals surface area contributed by atoms with Gasteiger partial charge in [-0.2, -0.15) is 0 Å². The number of methoxy groups -OCH3 is 1. The van der Waals surface area contributed by atoms with Crippen molar-refractivity contribution < 1.29 is 14.6 Å². The number of rotatable bonds is 2. The molecule has 0 bridgehead atoms. The van der Waals surface area contributed by atoms with E-state index in [1.807, 2.05) is 6.07 Å². The molecule has 0 saturated carbocycles. The van der Waals surface area contributed by atoms with Crippen molar-refractivity contribution in [1.29, 1.82) is 0 Å². The number of nitrogens with one attached hydrogen (secondary N) is 1. The van der Waals surface area contributed by atoms with E-state index in [1.165, 1.54) is 13.4 Å². The number of aliphatic hydroxyl groups excluding tert-OH is 1. The molecule has 0 amide bonds. The quantitative estimate of drug-likeness (QED) is 0.711. The summed E-state index contributed by atoms with van der Waals surface area (Å²) in [4.78, 5) is 18.1. The largest absolute Gasteiger partial charge is 0.467 e. The first-order valence-electron chi connectivity index (χ1n) is 4.42. The monoisotopic (exact) mass is 206 g/mol. The van der Waals surface area contributed by atoms with Crippen LogP contribution in [-0.4, -0.2) is 28.2 Å². The van der Waals surface area contributed by atoms with Gasteiger partial charge in [0, 0.05) is 5.56 Å². The average Bonchev–Trinajstić information content (AvgIpc) is 2.74. The number of carbonyl (C=O) groups excluding carboxylic acids is 1. The van der Waals surface area contributed by atoms with Gasteiger partial charge in [0.15, 0.2) is 6.10 Å². The van der Waals surface area contributed by atoms with Crippen LogP contribution in [0.3, 0.4) is 0 Å². The van der Waals surface area contributed by atoms with Crippen molar-refractivity contribution in [3.05, 3.63) is 30.1 Å². The molecule has 0 fully saturated rings. The van der Waals surface area contributed by atoms with Crippen molar-refractivity contribution in [2.24, 2.45) is 0 Å². The summed E-state index contributed by atoms with van der Waals surface area (Å²) in [5.74, 6) is -0.689. The predicted molar refractivity (Wildman–Crippen MR) is 53.1 cm³/mol. The lowest BCUT2D eigenvalue weighted by Crippen LogP contribution is -2.13. The number of aromatic amines is 1. The van der Waals surface area contributed by atoms with Gasteiger partial charge in [-0.1, -0.05) is 12.1 Å². The van der Waals surface area contributed by atoms with Crippen LogP contribution in [0.4, 0.5) is 0 Å². The van der Waals surface area contributed by atoms with Gasteiger partial charge in [-0.05, 0) is 6.07 Å². The molecule has 5 heteroatoms. The van der Waals surface area contributed by atoms with E-state index in [9.17, 15) is 9.90 Å². The van der Waals surface area contributed by atoms with Gasteiger partial charge < -0.3 is 14.8 Å². The molecule has 0 spiro atoms. The second-order valence-corrected chi connectivity index (χ2v) is 3.07.